The van der Waals surface area contributed by atoms with Crippen LogP contribution in [0.25, 0.3) is 0 Å². The molecule has 0 aliphatic carbocycles. The number of aromatic nitrogens is 3. The molecule has 0 saturated carbocycles. The van der Waals surface area contributed by atoms with E-state index in [2.05, 4.69) is 15.0 Å². The third kappa shape index (κ3) is 52.4. The van der Waals surface area contributed by atoms with E-state index < -0.39 is 5.92 Å². The van der Waals surface area contributed by atoms with E-state index in [0.29, 0.717) is 5.56 Å². The molecule has 2 aromatic rings. The SMILES string of the molecule is C[C-]=O.C[C-]=O.Clc1nc(Cl)nc(Cl)n1.O=[C-]CC([C-]=O)C[C-]=O.O=[C-]c1ccccc1.[Y].[Y].[Y].[Y].[Y].[Y]. The van der Waals surface area contributed by atoms with Gasteiger partial charge in [-0.15, -0.1) is 12.1 Å². The average molecular weight is 1030 g/mol. The van der Waals surface area contributed by atoms with Gasteiger partial charge in [0.25, 0.3) is 0 Å². The summed E-state index contributed by atoms with van der Waals surface area (Å²) in [5, 5.41) is 0.00000000000000178. The second-order valence-electron chi connectivity index (χ2n) is 4.53. The smallest absolute Gasteiger partial charge is 0.227 e. The summed E-state index contributed by atoms with van der Waals surface area (Å²) < 4.78 is 0. The van der Waals surface area contributed by atoms with Crippen LogP contribution in [0.15, 0.2) is 30.3 Å². The van der Waals surface area contributed by atoms with E-state index in [4.69, 9.17) is 44.4 Å². The quantitative estimate of drug-likeness (QED) is 0.400. The molecule has 0 unspecified atom stereocenters. The summed E-state index contributed by atoms with van der Waals surface area (Å²) >= 11 is 16.0. The van der Waals surface area contributed by atoms with Crippen LogP contribution in [0.3, 0.4) is 0 Å². The van der Waals surface area contributed by atoms with Crippen molar-refractivity contribution in [3.05, 3.63) is 51.7 Å². The Hall–Kier alpha value is 3.74. The fourth-order valence-electron chi connectivity index (χ4n) is 1.17. The van der Waals surface area contributed by atoms with E-state index in [1.165, 1.54) is 45.3 Å². The molecule has 6 radical (unpaired) electrons. The molecule has 9 nitrogen and oxygen atoms in total. The number of rotatable bonds is 6. The molecule has 192 valence electrons. The second-order valence-corrected chi connectivity index (χ2v) is 5.54. The molecule has 0 spiro atoms. The molecule has 0 saturated heterocycles. The predicted molar refractivity (Wildman–Crippen MR) is 119 cm³/mol. The molecule has 1 aromatic heterocycles. The minimum absolute atomic E-state index is 0. The number of halogens is 3. The molecule has 1 heterocycles. The van der Waals surface area contributed by atoms with Crippen molar-refractivity contribution in [3.63, 3.8) is 0 Å². The molecule has 0 fully saturated rings. The Balaban J connectivity index is -0.0000000401. The first-order valence-corrected chi connectivity index (χ1v) is 9.24. The second kappa shape index (κ2) is 53.3. The summed E-state index contributed by atoms with van der Waals surface area (Å²) in [6.45, 7) is 2.64. The van der Waals surface area contributed by atoms with Crippen LogP contribution in [0.5, 0.6) is 0 Å². The van der Waals surface area contributed by atoms with E-state index in [9.17, 15) is 19.2 Å². The van der Waals surface area contributed by atoms with Gasteiger partial charge in [0, 0.05) is 196 Å². The molecule has 0 N–H and O–H groups in total. The van der Waals surface area contributed by atoms with Crippen molar-refractivity contribution in [2.24, 2.45) is 5.92 Å². The molecule has 0 bridgehead atoms. The normalized spacial score (nSPS) is 6.89. The summed E-state index contributed by atoms with van der Waals surface area (Å²) in [6, 6.07) is 8.90. The maximum atomic E-state index is 9.88. The van der Waals surface area contributed by atoms with Crippen LogP contribution >= 0.6 is 34.8 Å². The van der Waals surface area contributed by atoms with Gasteiger partial charge in [-0.05, 0) is 34.8 Å². The van der Waals surface area contributed by atoms with Crippen LogP contribution in [0.1, 0.15) is 32.3 Å². The van der Waals surface area contributed by atoms with E-state index >= 15 is 0 Å². The zero-order valence-corrected chi connectivity index (χ0v) is 39.6. The van der Waals surface area contributed by atoms with Crippen LogP contribution in [0, 0.1) is 5.92 Å². The van der Waals surface area contributed by atoms with Gasteiger partial charge in [-0.25, -0.2) is 0 Å². The molecule has 0 aliphatic heterocycles. The first-order valence-electron chi connectivity index (χ1n) is 8.11. The Morgan fingerprint density at radius 3 is 1.11 bits per heavy atom. The fraction of sp³-hybridized carbons (Fsp3) is 0.250. The topological polar surface area (TPSA) is 141 Å². The number of hydrogen-bond donors (Lipinski definition) is 0. The fourth-order valence-corrected chi connectivity index (χ4v) is 1.78. The minimum Gasteiger partial charge on any atom is -0.542 e. The van der Waals surface area contributed by atoms with Gasteiger partial charge >= 0.3 is 0 Å². The molecule has 0 aliphatic rings. The van der Waals surface area contributed by atoms with E-state index in [0.717, 1.165) is 0 Å². The Morgan fingerprint density at radius 1 is 0.632 bits per heavy atom. The van der Waals surface area contributed by atoms with Crippen molar-refractivity contribution in [2.45, 2.75) is 26.7 Å². The van der Waals surface area contributed by atoms with Gasteiger partial charge in [0.15, 0.2) is 0 Å². The Kier molecular flexibility index (Phi) is 90.7. The number of nitrogens with zero attached hydrogens (tertiary/aromatic N) is 3. The van der Waals surface area contributed by atoms with Crippen LogP contribution < -0.4 is 0 Å². The third-order valence-corrected chi connectivity index (χ3v) is 2.78. The van der Waals surface area contributed by atoms with E-state index in [1.807, 2.05) is 6.07 Å². The van der Waals surface area contributed by atoms with Crippen molar-refractivity contribution >= 4 is 72.5 Å². The molecule has 18 heteroatoms. The molecular weight excluding hydrogens is 1020 g/mol. The van der Waals surface area contributed by atoms with Crippen LogP contribution in [-0.4, -0.2) is 52.7 Å². The number of benzene rings is 1. The standard InChI is InChI=1S/C7H5O.C6H5O3.C3Cl3N3.2C2H3O.6Y/c8-6-7-4-2-1-3-5-7;7-3-1-6(5-9)2-4-8;4-1-7-2(5)9-3(6)8-1;2*1-2-3;;;;;;/h1-5H;6H,1-2H2;;2*1H3;;;;;;/q-1;-3;;2*-1;;;;;;. The summed E-state index contributed by atoms with van der Waals surface area (Å²) in [7, 11) is 0. The van der Waals surface area contributed by atoms with Gasteiger partial charge in [-0.3, -0.25) is 31.4 Å². The third-order valence-electron chi connectivity index (χ3n) is 2.27. The first kappa shape index (κ1) is 64.6. The summed E-state index contributed by atoms with van der Waals surface area (Å²) in [6.07, 6.45) is 9.22. The summed E-state index contributed by atoms with van der Waals surface area (Å²) in [5.41, 5.74) is 0.604. The summed E-state index contributed by atoms with van der Waals surface area (Å²) in [4.78, 5) is 66.7. The van der Waals surface area contributed by atoms with Gasteiger partial charge in [0.1, 0.15) is 0 Å². The maximum Gasteiger partial charge on any atom is 0.227 e. The van der Waals surface area contributed by atoms with Gasteiger partial charge < -0.3 is 28.8 Å². The van der Waals surface area contributed by atoms with E-state index in [1.54, 1.807) is 30.6 Å². The van der Waals surface area contributed by atoms with Crippen LogP contribution in [-0.2, 0) is 225 Å². The molecular formula is C20H16Cl3N3O6Y6-6. The predicted octanol–water partition coefficient (Wildman–Crippen LogP) is 2.91. The van der Waals surface area contributed by atoms with Gasteiger partial charge in [-0.2, -0.15) is 65.3 Å². The van der Waals surface area contributed by atoms with Crippen LogP contribution in [0.4, 0.5) is 0 Å². The Bertz CT molecular complexity index is 753. The molecule has 2 rings (SSSR count). The minimum atomic E-state index is -0.639. The van der Waals surface area contributed by atoms with Crippen molar-refractivity contribution in [1.82, 2.24) is 15.0 Å². The monoisotopic (exact) mass is 1030 g/mol. The molecule has 0 atom stereocenters. The van der Waals surface area contributed by atoms with Gasteiger partial charge in [-0.1, -0.05) is 6.07 Å². The van der Waals surface area contributed by atoms with Crippen molar-refractivity contribution in [1.29, 1.82) is 0 Å². The first-order chi connectivity index (χ1) is 15.3. The molecule has 0 amide bonds. The zero-order valence-electron chi connectivity index (χ0n) is 20.3. The summed E-state index contributed by atoms with van der Waals surface area (Å²) in [5.74, 6) is -0.639. The van der Waals surface area contributed by atoms with Crippen molar-refractivity contribution < 1.29 is 225 Å². The van der Waals surface area contributed by atoms with Crippen LogP contribution in [0.2, 0.25) is 15.9 Å². The maximum absolute atomic E-state index is 9.88. The largest absolute Gasteiger partial charge is 0.542 e. The van der Waals surface area contributed by atoms with Gasteiger partial charge in [0.2, 0.25) is 15.9 Å². The number of carbonyl (C=O) groups excluding carboxylic acids is 6. The zero-order chi connectivity index (χ0) is 25.2. The Morgan fingerprint density at radius 2 is 0.921 bits per heavy atom. The molecule has 38 heavy (non-hydrogen) atoms. The Labute approximate surface area is 388 Å². The average Bonchev–Trinajstić information content (AvgIpc) is 2.75. The van der Waals surface area contributed by atoms with Crippen molar-refractivity contribution in [3.8, 4) is 0 Å². The van der Waals surface area contributed by atoms with Gasteiger partial charge in [0.05, 0.1) is 6.29 Å². The molecule has 1 aromatic carbocycles. The number of hydrogen-bond acceptors (Lipinski definition) is 9. The van der Waals surface area contributed by atoms with Crippen molar-refractivity contribution in [2.75, 3.05) is 0 Å². The van der Waals surface area contributed by atoms with E-state index in [-0.39, 0.29) is 225 Å².